The quantitative estimate of drug-likeness (QED) is 0.413. The molecule has 6 rings (SSSR count). The fraction of sp³-hybridized carbons (Fsp3) is 0. The first-order valence-electron chi connectivity index (χ1n) is 9.40. The summed E-state index contributed by atoms with van der Waals surface area (Å²) < 4.78 is 0. The summed E-state index contributed by atoms with van der Waals surface area (Å²) in [4.78, 5) is 21.7. The van der Waals surface area contributed by atoms with Crippen molar-refractivity contribution < 1.29 is 0 Å². The van der Waals surface area contributed by atoms with E-state index in [1.165, 1.54) is 0 Å². The second kappa shape index (κ2) is 6.21. The maximum absolute atomic E-state index is 4.93. The Balaban J connectivity index is 1.56. The number of benzene rings is 2. The molecule has 0 aliphatic heterocycles. The number of fused-ring (bicyclic) bond motifs is 6. The first-order chi connectivity index (χ1) is 14.4. The Morgan fingerprint density at radius 2 is 1.17 bits per heavy atom. The third-order valence-corrected chi connectivity index (χ3v) is 5.24. The van der Waals surface area contributed by atoms with E-state index >= 15 is 0 Å². The number of rotatable bonds is 2. The van der Waals surface area contributed by atoms with Crippen LogP contribution >= 0.6 is 0 Å². The van der Waals surface area contributed by atoms with Crippen LogP contribution in [0.25, 0.3) is 55.4 Å². The highest BCUT2D eigenvalue weighted by atomic mass is 14.9. The van der Waals surface area contributed by atoms with Crippen LogP contribution in [0.4, 0.5) is 0 Å². The number of nitrogens with one attached hydrogen (secondary N) is 1. The number of nitrogens with zero attached hydrogens (tertiary/aromatic N) is 4. The normalized spacial score (nSPS) is 11.4. The smallest absolute Gasteiger partial charge is 0.138 e. The van der Waals surface area contributed by atoms with Crippen molar-refractivity contribution in [1.29, 1.82) is 0 Å². The number of hydrogen-bond donors (Lipinski definition) is 1. The maximum atomic E-state index is 4.93. The van der Waals surface area contributed by atoms with Crippen molar-refractivity contribution in [3.8, 4) is 22.5 Å². The molecule has 6 aromatic rings. The van der Waals surface area contributed by atoms with Crippen LogP contribution in [0.5, 0.6) is 0 Å². The Bertz CT molecular complexity index is 1410. The third-order valence-electron chi connectivity index (χ3n) is 5.24. The molecule has 5 heteroatoms. The van der Waals surface area contributed by atoms with Gasteiger partial charge in [-0.05, 0) is 47.5 Å². The molecular weight excluding hydrogens is 358 g/mol. The molecule has 0 radical (unpaired) electrons. The molecule has 0 spiro atoms. The van der Waals surface area contributed by atoms with Gasteiger partial charge in [-0.1, -0.05) is 24.3 Å². The zero-order chi connectivity index (χ0) is 19.2. The summed E-state index contributed by atoms with van der Waals surface area (Å²) >= 11 is 0. The van der Waals surface area contributed by atoms with Crippen molar-refractivity contribution >= 4 is 32.8 Å². The second-order valence-electron chi connectivity index (χ2n) is 6.92. The number of aromatic amines is 1. The molecule has 0 aliphatic carbocycles. The molecule has 0 saturated heterocycles. The van der Waals surface area contributed by atoms with Crippen molar-refractivity contribution in [1.82, 2.24) is 24.9 Å². The number of hydrogen-bond acceptors (Lipinski definition) is 4. The van der Waals surface area contributed by atoms with E-state index in [2.05, 4.69) is 56.3 Å². The van der Waals surface area contributed by atoms with Crippen molar-refractivity contribution in [2.75, 3.05) is 0 Å². The molecule has 5 nitrogen and oxygen atoms in total. The van der Waals surface area contributed by atoms with Gasteiger partial charge >= 0.3 is 0 Å². The molecule has 0 atom stereocenters. The minimum Gasteiger partial charge on any atom is -0.337 e. The van der Waals surface area contributed by atoms with E-state index in [0.29, 0.717) is 0 Å². The minimum atomic E-state index is 0.836. The van der Waals surface area contributed by atoms with Crippen LogP contribution in [0.3, 0.4) is 0 Å². The minimum absolute atomic E-state index is 0.836. The predicted molar refractivity (Wildman–Crippen MR) is 115 cm³/mol. The molecule has 0 amide bonds. The highest BCUT2D eigenvalue weighted by molar-refractivity contribution is 6.21. The van der Waals surface area contributed by atoms with E-state index in [4.69, 9.17) is 4.98 Å². The van der Waals surface area contributed by atoms with Gasteiger partial charge in [0.25, 0.3) is 0 Å². The Morgan fingerprint density at radius 3 is 1.93 bits per heavy atom. The molecule has 0 saturated carbocycles. The van der Waals surface area contributed by atoms with Crippen LogP contribution < -0.4 is 0 Å². The van der Waals surface area contributed by atoms with Crippen molar-refractivity contribution in [3.05, 3.63) is 85.5 Å². The van der Waals surface area contributed by atoms with Gasteiger partial charge in [0.1, 0.15) is 5.82 Å². The van der Waals surface area contributed by atoms with Gasteiger partial charge < -0.3 is 4.98 Å². The molecule has 136 valence electrons. The number of H-pyrrole nitrogens is 1. The highest BCUT2D eigenvalue weighted by Crippen LogP contribution is 2.33. The monoisotopic (exact) mass is 373 g/mol. The summed E-state index contributed by atoms with van der Waals surface area (Å²) in [5.74, 6) is 0.836. The van der Waals surface area contributed by atoms with E-state index in [-0.39, 0.29) is 0 Å². The fourth-order valence-corrected chi connectivity index (χ4v) is 3.85. The van der Waals surface area contributed by atoms with Crippen LogP contribution in [0.15, 0.2) is 85.5 Å². The largest absolute Gasteiger partial charge is 0.337 e. The topological polar surface area (TPSA) is 67.3 Å². The molecule has 0 bridgehead atoms. The van der Waals surface area contributed by atoms with Crippen LogP contribution in [0.1, 0.15) is 0 Å². The Hall–Kier alpha value is -4.12. The van der Waals surface area contributed by atoms with Crippen LogP contribution in [-0.4, -0.2) is 24.9 Å². The first kappa shape index (κ1) is 15.9. The summed E-state index contributed by atoms with van der Waals surface area (Å²) in [5, 5.41) is 2.03. The second-order valence-corrected chi connectivity index (χ2v) is 6.92. The summed E-state index contributed by atoms with van der Waals surface area (Å²) in [6.07, 6.45) is 7.21. The van der Waals surface area contributed by atoms with Crippen LogP contribution in [-0.2, 0) is 0 Å². The predicted octanol–water partition coefficient (Wildman–Crippen LogP) is 5.39. The lowest BCUT2D eigenvalue weighted by Crippen LogP contribution is -1.86. The summed E-state index contributed by atoms with van der Waals surface area (Å²) in [5.41, 5.74) is 7.00. The van der Waals surface area contributed by atoms with Gasteiger partial charge in [-0.2, -0.15) is 0 Å². The van der Waals surface area contributed by atoms with Gasteiger partial charge in [0, 0.05) is 41.1 Å². The number of pyridine rings is 3. The van der Waals surface area contributed by atoms with E-state index in [1.807, 2.05) is 24.3 Å². The van der Waals surface area contributed by atoms with Gasteiger partial charge in [0.15, 0.2) is 0 Å². The number of imidazole rings is 1. The Labute approximate surface area is 166 Å². The molecule has 0 fully saturated rings. The Morgan fingerprint density at radius 1 is 0.552 bits per heavy atom. The zero-order valence-electron chi connectivity index (χ0n) is 15.4. The Kier molecular flexibility index (Phi) is 3.40. The number of aromatic nitrogens is 5. The molecule has 2 aromatic carbocycles. The molecule has 4 aromatic heterocycles. The van der Waals surface area contributed by atoms with Gasteiger partial charge in [-0.15, -0.1) is 0 Å². The summed E-state index contributed by atoms with van der Waals surface area (Å²) in [6, 6.07) is 20.4. The van der Waals surface area contributed by atoms with Crippen LogP contribution in [0, 0.1) is 0 Å². The SMILES string of the molecule is c1cnc2c(c1)c1nc(-c3ccc(-c4ccncc4)cc3)[nH]c1c1cccnc12. The molecule has 4 heterocycles. The van der Waals surface area contributed by atoms with E-state index in [1.54, 1.807) is 24.8 Å². The van der Waals surface area contributed by atoms with E-state index in [0.717, 1.165) is 55.4 Å². The summed E-state index contributed by atoms with van der Waals surface area (Å²) in [7, 11) is 0. The first-order valence-corrected chi connectivity index (χ1v) is 9.40. The molecular formula is C24H15N5. The van der Waals surface area contributed by atoms with Crippen molar-refractivity contribution in [3.63, 3.8) is 0 Å². The van der Waals surface area contributed by atoms with Gasteiger partial charge in [0.05, 0.1) is 22.1 Å². The standard InChI is InChI=1S/C24H15N5/c1-3-18-20(26-11-1)21-19(4-2-12-27-21)23-22(18)28-24(29-23)17-7-5-15(6-8-17)16-9-13-25-14-10-16/h1-14H,(H,28,29). The molecule has 0 aliphatic rings. The van der Waals surface area contributed by atoms with E-state index in [9.17, 15) is 0 Å². The van der Waals surface area contributed by atoms with Gasteiger partial charge in [-0.3, -0.25) is 15.0 Å². The van der Waals surface area contributed by atoms with Gasteiger partial charge in [0.2, 0.25) is 0 Å². The van der Waals surface area contributed by atoms with Gasteiger partial charge in [-0.25, -0.2) is 4.98 Å². The third kappa shape index (κ3) is 2.48. The van der Waals surface area contributed by atoms with E-state index < -0.39 is 0 Å². The lowest BCUT2D eigenvalue weighted by atomic mass is 10.1. The average molecular weight is 373 g/mol. The lowest BCUT2D eigenvalue weighted by Gasteiger charge is -2.03. The van der Waals surface area contributed by atoms with Crippen molar-refractivity contribution in [2.24, 2.45) is 0 Å². The van der Waals surface area contributed by atoms with Crippen LogP contribution in [0.2, 0.25) is 0 Å². The average Bonchev–Trinajstić information content (AvgIpc) is 3.26. The maximum Gasteiger partial charge on any atom is 0.138 e. The zero-order valence-corrected chi connectivity index (χ0v) is 15.4. The van der Waals surface area contributed by atoms with Crippen molar-refractivity contribution in [2.45, 2.75) is 0 Å². The fourth-order valence-electron chi connectivity index (χ4n) is 3.85. The highest BCUT2D eigenvalue weighted by Gasteiger charge is 2.15. The molecule has 1 N–H and O–H groups in total. The molecule has 0 unspecified atom stereocenters. The summed E-state index contributed by atoms with van der Waals surface area (Å²) in [6.45, 7) is 0. The molecule has 29 heavy (non-hydrogen) atoms. The lowest BCUT2D eigenvalue weighted by molar-refractivity contribution is 1.32.